The van der Waals surface area contributed by atoms with Crippen molar-refractivity contribution in [2.45, 2.75) is 38.1 Å². The molecule has 0 spiro atoms. The quantitative estimate of drug-likeness (QED) is 0.642. The third-order valence-electron chi connectivity index (χ3n) is 5.75. The number of amides is 1. The molecular weight excluding hydrogens is 391 g/mol. The number of anilines is 1. The number of likely N-dealkylation sites (tertiary alicyclic amines) is 1. The van der Waals surface area contributed by atoms with Gasteiger partial charge in [-0.15, -0.1) is 12.4 Å². The zero-order chi connectivity index (χ0) is 18.6. The van der Waals surface area contributed by atoms with E-state index in [9.17, 15) is 4.79 Å². The first-order valence-electron chi connectivity index (χ1n) is 10.1. The van der Waals surface area contributed by atoms with Gasteiger partial charge in [-0.05, 0) is 61.9 Å². The van der Waals surface area contributed by atoms with Gasteiger partial charge in [0, 0.05) is 42.3 Å². The molecule has 28 heavy (non-hydrogen) atoms. The summed E-state index contributed by atoms with van der Waals surface area (Å²) >= 11 is 6.05. The molecule has 150 valence electrons. The number of hydrogen-bond donors (Lipinski definition) is 0. The van der Waals surface area contributed by atoms with Gasteiger partial charge >= 0.3 is 0 Å². The molecule has 5 heteroatoms. The Bertz CT molecular complexity index is 754. The predicted molar refractivity (Wildman–Crippen MR) is 119 cm³/mol. The third-order valence-corrected chi connectivity index (χ3v) is 6.00. The highest BCUT2D eigenvalue weighted by atomic mass is 35.5. The zero-order valence-electron chi connectivity index (χ0n) is 16.1. The van der Waals surface area contributed by atoms with E-state index in [4.69, 9.17) is 11.6 Å². The van der Waals surface area contributed by atoms with Gasteiger partial charge in [-0.3, -0.25) is 4.79 Å². The maximum absolute atomic E-state index is 13.0. The van der Waals surface area contributed by atoms with E-state index in [2.05, 4.69) is 40.1 Å². The molecule has 0 radical (unpaired) electrons. The van der Waals surface area contributed by atoms with Gasteiger partial charge in [0.25, 0.3) is 0 Å². The van der Waals surface area contributed by atoms with Crippen molar-refractivity contribution in [2.75, 3.05) is 24.5 Å². The summed E-state index contributed by atoms with van der Waals surface area (Å²) in [6.07, 6.45) is 5.25. The summed E-state index contributed by atoms with van der Waals surface area (Å²) in [6, 6.07) is 18.7. The SMILES string of the molecule is Cl.O=C(C1CC1)N(c1ccc(Cl)cc1)C1CCN(CCc2ccccc2)CC1. The summed E-state index contributed by atoms with van der Waals surface area (Å²) in [6.45, 7) is 3.20. The fraction of sp³-hybridized carbons (Fsp3) is 0.435. The van der Waals surface area contributed by atoms with Crippen LogP contribution in [-0.2, 0) is 11.2 Å². The van der Waals surface area contributed by atoms with Crippen LogP contribution < -0.4 is 4.90 Å². The number of benzene rings is 2. The average Bonchev–Trinajstić information content (AvgIpc) is 3.55. The molecule has 1 aliphatic heterocycles. The van der Waals surface area contributed by atoms with Gasteiger partial charge < -0.3 is 9.80 Å². The van der Waals surface area contributed by atoms with Gasteiger partial charge in [-0.2, -0.15) is 0 Å². The lowest BCUT2D eigenvalue weighted by molar-refractivity contribution is -0.120. The second kappa shape index (κ2) is 9.78. The first-order valence-corrected chi connectivity index (χ1v) is 10.4. The summed E-state index contributed by atoms with van der Waals surface area (Å²) < 4.78 is 0. The Morgan fingerprint density at radius 2 is 1.61 bits per heavy atom. The maximum Gasteiger partial charge on any atom is 0.230 e. The second-order valence-corrected chi connectivity index (χ2v) is 8.20. The van der Waals surface area contributed by atoms with Crippen molar-refractivity contribution in [2.24, 2.45) is 5.92 Å². The molecule has 4 rings (SSSR count). The molecule has 1 amide bonds. The van der Waals surface area contributed by atoms with Crippen LogP contribution in [0.3, 0.4) is 0 Å². The van der Waals surface area contributed by atoms with E-state index in [-0.39, 0.29) is 18.3 Å². The van der Waals surface area contributed by atoms with Crippen molar-refractivity contribution in [1.29, 1.82) is 0 Å². The lowest BCUT2D eigenvalue weighted by Crippen LogP contribution is -2.48. The summed E-state index contributed by atoms with van der Waals surface area (Å²) in [5.41, 5.74) is 2.39. The number of nitrogens with zero attached hydrogens (tertiary/aromatic N) is 2. The van der Waals surface area contributed by atoms with Crippen molar-refractivity contribution in [1.82, 2.24) is 4.90 Å². The van der Waals surface area contributed by atoms with Crippen molar-refractivity contribution < 1.29 is 4.79 Å². The van der Waals surface area contributed by atoms with Crippen LogP contribution in [0.5, 0.6) is 0 Å². The topological polar surface area (TPSA) is 23.6 Å². The molecule has 2 aliphatic rings. The number of carbonyl (C=O) groups excluding carboxylic acids is 1. The van der Waals surface area contributed by atoms with E-state index >= 15 is 0 Å². The molecule has 1 heterocycles. The molecule has 0 atom stereocenters. The molecule has 0 unspecified atom stereocenters. The van der Waals surface area contributed by atoms with E-state index in [1.165, 1.54) is 5.56 Å². The second-order valence-electron chi connectivity index (χ2n) is 7.77. The minimum Gasteiger partial charge on any atom is -0.309 e. The number of piperidine rings is 1. The minimum absolute atomic E-state index is 0. The minimum atomic E-state index is 0. The Kier molecular flexibility index (Phi) is 7.39. The molecule has 2 aromatic rings. The van der Waals surface area contributed by atoms with E-state index < -0.39 is 0 Å². The predicted octanol–water partition coefficient (Wildman–Crippen LogP) is 5.21. The molecule has 0 N–H and O–H groups in total. The smallest absolute Gasteiger partial charge is 0.230 e. The fourth-order valence-electron chi connectivity index (χ4n) is 3.98. The van der Waals surface area contributed by atoms with Crippen LogP contribution in [0.1, 0.15) is 31.2 Å². The Labute approximate surface area is 179 Å². The van der Waals surface area contributed by atoms with Crippen LogP contribution in [0.25, 0.3) is 0 Å². The molecule has 1 saturated carbocycles. The average molecular weight is 419 g/mol. The summed E-state index contributed by atoms with van der Waals surface area (Å²) in [5.74, 6) is 0.539. The van der Waals surface area contributed by atoms with Crippen LogP contribution in [0.4, 0.5) is 5.69 Å². The maximum atomic E-state index is 13.0. The van der Waals surface area contributed by atoms with Crippen LogP contribution in [-0.4, -0.2) is 36.5 Å². The van der Waals surface area contributed by atoms with Gasteiger partial charge in [-0.1, -0.05) is 41.9 Å². The van der Waals surface area contributed by atoms with Gasteiger partial charge in [0.2, 0.25) is 5.91 Å². The lowest BCUT2D eigenvalue weighted by atomic mass is 10.0. The molecule has 1 aliphatic carbocycles. The van der Waals surface area contributed by atoms with E-state index in [1.807, 2.05) is 24.3 Å². The van der Waals surface area contributed by atoms with Crippen molar-refractivity contribution in [3.8, 4) is 0 Å². The van der Waals surface area contributed by atoms with Crippen LogP contribution in [0.2, 0.25) is 5.02 Å². The number of carbonyl (C=O) groups is 1. The zero-order valence-corrected chi connectivity index (χ0v) is 17.7. The van der Waals surface area contributed by atoms with Crippen molar-refractivity contribution >= 4 is 35.6 Å². The Balaban J connectivity index is 0.00000225. The molecule has 0 aromatic heterocycles. The highest BCUT2D eigenvalue weighted by Gasteiger charge is 2.38. The first kappa shape index (κ1) is 21.2. The Morgan fingerprint density at radius 1 is 0.964 bits per heavy atom. The number of halogens is 2. The standard InChI is InChI=1S/C23H27ClN2O.ClH/c24-20-8-10-21(11-9-20)26(23(27)19-6-7-19)22-13-16-25(17-14-22)15-12-18-4-2-1-3-5-18;/h1-5,8-11,19,22H,6-7,12-17H2;1H. The molecular formula is C23H28Cl2N2O. The van der Waals surface area contributed by atoms with Crippen molar-refractivity contribution in [3.63, 3.8) is 0 Å². The van der Waals surface area contributed by atoms with Gasteiger partial charge in [0.15, 0.2) is 0 Å². The monoisotopic (exact) mass is 418 g/mol. The largest absolute Gasteiger partial charge is 0.309 e. The molecule has 2 aromatic carbocycles. The summed E-state index contributed by atoms with van der Waals surface area (Å²) in [4.78, 5) is 17.6. The molecule has 0 bridgehead atoms. The van der Waals surface area contributed by atoms with E-state index in [0.717, 1.165) is 57.4 Å². The molecule has 2 fully saturated rings. The summed E-state index contributed by atoms with van der Waals surface area (Å²) in [5, 5.41) is 0.716. The van der Waals surface area contributed by atoms with Crippen LogP contribution in [0, 0.1) is 5.92 Å². The number of hydrogen-bond acceptors (Lipinski definition) is 2. The Morgan fingerprint density at radius 3 is 2.21 bits per heavy atom. The van der Waals surface area contributed by atoms with Gasteiger partial charge in [0.05, 0.1) is 0 Å². The lowest BCUT2D eigenvalue weighted by Gasteiger charge is -2.39. The molecule has 1 saturated heterocycles. The van der Waals surface area contributed by atoms with Crippen LogP contribution in [0.15, 0.2) is 54.6 Å². The molecule has 3 nitrogen and oxygen atoms in total. The van der Waals surface area contributed by atoms with E-state index in [0.29, 0.717) is 17.0 Å². The Hall–Kier alpha value is -1.55. The summed E-state index contributed by atoms with van der Waals surface area (Å²) in [7, 11) is 0. The highest BCUT2D eigenvalue weighted by molar-refractivity contribution is 6.30. The first-order chi connectivity index (χ1) is 13.2. The van der Waals surface area contributed by atoms with Crippen molar-refractivity contribution in [3.05, 3.63) is 65.2 Å². The van der Waals surface area contributed by atoms with Gasteiger partial charge in [-0.25, -0.2) is 0 Å². The third kappa shape index (κ3) is 5.28. The van der Waals surface area contributed by atoms with E-state index in [1.54, 1.807) is 0 Å². The number of rotatable bonds is 6. The van der Waals surface area contributed by atoms with Crippen LogP contribution >= 0.6 is 24.0 Å². The highest BCUT2D eigenvalue weighted by Crippen LogP contribution is 2.35. The van der Waals surface area contributed by atoms with Gasteiger partial charge in [0.1, 0.15) is 0 Å². The normalized spacial score (nSPS) is 17.8. The fourth-order valence-corrected chi connectivity index (χ4v) is 4.11.